The maximum absolute atomic E-state index is 12.9. The summed E-state index contributed by atoms with van der Waals surface area (Å²) >= 11 is 0. The van der Waals surface area contributed by atoms with Gasteiger partial charge in [-0.05, 0) is 37.2 Å². The van der Waals surface area contributed by atoms with Gasteiger partial charge in [0.05, 0.1) is 18.3 Å². The van der Waals surface area contributed by atoms with E-state index in [0.717, 1.165) is 25.0 Å². The molecule has 1 saturated carbocycles. The van der Waals surface area contributed by atoms with Gasteiger partial charge < -0.3 is 9.26 Å². The van der Waals surface area contributed by atoms with Crippen LogP contribution in [0.4, 0.5) is 0 Å². The molecule has 0 spiro atoms. The molecular formula is C22H31N3O4S. The molecule has 2 heterocycles. The topological polar surface area (TPSA) is 85.5 Å². The molecule has 0 N–H and O–H groups in total. The lowest BCUT2D eigenvalue weighted by Gasteiger charge is -2.30. The minimum absolute atomic E-state index is 0.0218. The average Bonchev–Trinajstić information content (AvgIpc) is 3.44. The van der Waals surface area contributed by atoms with Crippen molar-refractivity contribution in [1.29, 1.82) is 0 Å². The Morgan fingerprint density at radius 3 is 2.70 bits per heavy atom. The van der Waals surface area contributed by atoms with Gasteiger partial charge in [0, 0.05) is 26.1 Å². The molecule has 2 fully saturated rings. The van der Waals surface area contributed by atoms with Gasteiger partial charge in [0.25, 0.3) is 0 Å². The van der Waals surface area contributed by atoms with Crippen LogP contribution in [0.15, 0.2) is 34.9 Å². The molecule has 1 saturated heterocycles. The lowest BCUT2D eigenvalue weighted by molar-refractivity contribution is 0.102. The number of sulfonamides is 1. The van der Waals surface area contributed by atoms with Crippen molar-refractivity contribution in [2.75, 3.05) is 26.3 Å². The average molecular weight is 434 g/mol. The minimum atomic E-state index is -3.37. The number of hydrogen-bond donors (Lipinski definition) is 0. The third-order valence-corrected chi connectivity index (χ3v) is 7.92. The quantitative estimate of drug-likeness (QED) is 0.563. The van der Waals surface area contributed by atoms with E-state index in [9.17, 15) is 8.42 Å². The first-order valence-electron chi connectivity index (χ1n) is 11.0. The van der Waals surface area contributed by atoms with Gasteiger partial charge in [-0.15, -0.1) is 0 Å². The van der Waals surface area contributed by atoms with Crippen LogP contribution in [0.3, 0.4) is 0 Å². The van der Waals surface area contributed by atoms with E-state index in [1.807, 2.05) is 30.3 Å². The number of benzene rings is 1. The van der Waals surface area contributed by atoms with Crippen molar-refractivity contribution in [3.05, 3.63) is 47.6 Å². The normalized spacial score (nSPS) is 21.3. The molecule has 7 nitrogen and oxygen atoms in total. The summed E-state index contributed by atoms with van der Waals surface area (Å²) in [4.78, 5) is 4.52. The van der Waals surface area contributed by atoms with E-state index in [1.54, 1.807) is 4.31 Å². The van der Waals surface area contributed by atoms with Crippen molar-refractivity contribution in [1.82, 2.24) is 14.4 Å². The molecule has 4 rings (SSSR count). The van der Waals surface area contributed by atoms with Gasteiger partial charge in [0.15, 0.2) is 5.82 Å². The van der Waals surface area contributed by atoms with Gasteiger partial charge in [0.1, 0.15) is 0 Å². The molecule has 1 unspecified atom stereocenters. The predicted molar refractivity (Wildman–Crippen MR) is 113 cm³/mol. The van der Waals surface area contributed by atoms with Crippen LogP contribution in [0.1, 0.15) is 61.7 Å². The van der Waals surface area contributed by atoms with Crippen LogP contribution in [0, 0.1) is 5.92 Å². The van der Waals surface area contributed by atoms with Gasteiger partial charge >= 0.3 is 0 Å². The van der Waals surface area contributed by atoms with Crippen LogP contribution in [0.2, 0.25) is 0 Å². The lowest BCUT2D eigenvalue weighted by Crippen LogP contribution is -2.39. The third-order valence-electron chi connectivity index (χ3n) is 6.10. The Kier molecular flexibility index (Phi) is 7.17. The fourth-order valence-electron chi connectivity index (χ4n) is 4.40. The minimum Gasteiger partial charge on any atom is -0.381 e. The zero-order chi connectivity index (χ0) is 20.8. The van der Waals surface area contributed by atoms with E-state index in [4.69, 9.17) is 9.26 Å². The van der Waals surface area contributed by atoms with Gasteiger partial charge in [-0.2, -0.15) is 4.98 Å². The Bertz CT molecular complexity index is 894. The van der Waals surface area contributed by atoms with Gasteiger partial charge in [-0.1, -0.05) is 48.3 Å². The highest BCUT2D eigenvalue weighted by Gasteiger charge is 2.32. The maximum atomic E-state index is 12.9. The summed E-state index contributed by atoms with van der Waals surface area (Å²) in [5.74, 6) is 1.86. The second kappa shape index (κ2) is 10.0. The largest absolute Gasteiger partial charge is 0.381 e. The van der Waals surface area contributed by atoms with Crippen LogP contribution in [-0.2, 0) is 26.9 Å². The summed E-state index contributed by atoms with van der Waals surface area (Å²) in [7, 11) is -3.37. The van der Waals surface area contributed by atoms with Gasteiger partial charge in [-0.25, -0.2) is 12.7 Å². The van der Waals surface area contributed by atoms with Gasteiger partial charge in [0.2, 0.25) is 15.9 Å². The van der Waals surface area contributed by atoms with E-state index in [1.165, 1.54) is 25.7 Å². The van der Waals surface area contributed by atoms with Crippen molar-refractivity contribution in [3.63, 3.8) is 0 Å². The van der Waals surface area contributed by atoms with Crippen molar-refractivity contribution in [2.45, 2.75) is 56.6 Å². The highest BCUT2D eigenvalue weighted by atomic mass is 32.2. The van der Waals surface area contributed by atoms with Crippen molar-refractivity contribution in [3.8, 4) is 0 Å². The van der Waals surface area contributed by atoms with Gasteiger partial charge in [-0.3, -0.25) is 0 Å². The number of ether oxygens (including phenoxy) is 1. The van der Waals surface area contributed by atoms with E-state index in [2.05, 4.69) is 10.1 Å². The SMILES string of the molecule is O=S(=O)(Cc1ccccc1)N1CCCC(c2nc(CCOCC3CCCC3)no2)C1. The van der Waals surface area contributed by atoms with Crippen LogP contribution in [0.25, 0.3) is 0 Å². The second-order valence-corrected chi connectivity index (χ2v) is 10.4. The van der Waals surface area contributed by atoms with Crippen molar-refractivity contribution in [2.24, 2.45) is 5.92 Å². The predicted octanol–water partition coefficient (Wildman–Crippen LogP) is 3.53. The summed E-state index contributed by atoms with van der Waals surface area (Å²) in [6.45, 7) is 2.36. The van der Waals surface area contributed by atoms with Crippen LogP contribution in [0.5, 0.6) is 0 Å². The molecule has 1 aliphatic carbocycles. The second-order valence-electron chi connectivity index (χ2n) is 8.46. The number of nitrogens with zero attached hydrogens (tertiary/aromatic N) is 3. The fourth-order valence-corrected chi connectivity index (χ4v) is 6.01. The highest BCUT2D eigenvalue weighted by molar-refractivity contribution is 7.88. The van der Waals surface area contributed by atoms with E-state index < -0.39 is 10.0 Å². The molecule has 1 aliphatic heterocycles. The molecule has 8 heteroatoms. The Balaban J connectivity index is 1.29. The lowest BCUT2D eigenvalue weighted by atomic mass is 10.00. The van der Waals surface area contributed by atoms with Crippen molar-refractivity contribution >= 4 is 10.0 Å². The monoisotopic (exact) mass is 433 g/mol. The molecule has 0 amide bonds. The van der Waals surface area contributed by atoms with Crippen molar-refractivity contribution < 1.29 is 17.7 Å². The van der Waals surface area contributed by atoms with E-state index in [-0.39, 0.29) is 11.7 Å². The number of piperidine rings is 1. The van der Waals surface area contributed by atoms with E-state index in [0.29, 0.717) is 43.8 Å². The van der Waals surface area contributed by atoms with E-state index >= 15 is 0 Å². The van der Waals surface area contributed by atoms with Crippen LogP contribution >= 0.6 is 0 Å². The zero-order valence-electron chi connectivity index (χ0n) is 17.4. The molecule has 30 heavy (non-hydrogen) atoms. The Morgan fingerprint density at radius 2 is 1.90 bits per heavy atom. The summed E-state index contributed by atoms with van der Waals surface area (Å²) in [5, 5.41) is 4.08. The first kappa shape index (κ1) is 21.5. The maximum Gasteiger partial charge on any atom is 0.231 e. The molecule has 0 bridgehead atoms. The molecule has 2 aromatic rings. The smallest absolute Gasteiger partial charge is 0.231 e. The third kappa shape index (κ3) is 5.68. The molecule has 164 valence electrons. The highest BCUT2D eigenvalue weighted by Crippen LogP contribution is 2.28. The Labute approximate surface area is 178 Å². The zero-order valence-corrected chi connectivity index (χ0v) is 18.2. The first-order valence-corrected chi connectivity index (χ1v) is 12.6. The molecule has 1 aromatic carbocycles. The standard InChI is InChI=1S/C22H31N3O4S/c26-30(27,17-19-9-2-1-3-10-19)25-13-6-11-20(15-25)22-23-21(24-29-22)12-14-28-16-18-7-4-5-8-18/h1-3,9-10,18,20H,4-8,11-17H2. The Hall–Kier alpha value is -1.77. The molecule has 1 atom stereocenters. The fraction of sp³-hybridized carbons (Fsp3) is 0.636. The summed E-state index contributed by atoms with van der Waals surface area (Å²) in [6.07, 6.45) is 7.47. The summed E-state index contributed by atoms with van der Waals surface area (Å²) in [6, 6.07) is 9.30. The molecular weight excluding hydrogens is 402 g/mol. The molecule has 0 radical (unpaired) electrons. The first-order chi connectivity index (χ1) is 14.6. The molecule has 2 aliphatic rings. The summed E-state index contributed by atoms with van der Waals surface area (Å²) in [5.41, 5.74) is 0.803. The number of aromatic nitrogens is 2. The van der Waals surface area contributed by atoms with Crippen LogP contribution in [-0.4, -0.2) is 49.2 Å². The van der Waals surface area contributed by atoms with Crippen LogP contribution < -0.4 is 0 Å². The number of hydrogen-bond acceptors (Lipinski definition) is 6. The Morgan fingerprint density at radius 1 is 1.10 bits per heavy atom. The number of rotatable bonds is 9. The summed E-state index contributed by atoms with van der Waals surface area (Å²) < 4.78 is 38.6. The molecule has 1 aromatic heterocycles.